The van der Waals surface area contributed by atoms with E-state index in [0.29, 0.717) is 0 Å². The van der Waals surface area contributed by atoms with Gasteiger partial charge in [-0.25, -0.2) is 0 Å². The van der Waals surface area contributed by atoms with Gasteiger partial charge >= 0.3 is 0 Å². The van der Waals surface area contributed by atoms with E-state index in [1.807, 2.05) is 19.1 Å². The molecule has 1 aliphatic rings. The van der Waals surface area contributed by atoms with Gasteiger partial charge in [-0.15, -0.1) is 0 Å². The Balaban J connectivity index is 2.53. The highest BCUT2D eigenvalue weighted by atomic mass is 15.4. The van der Waals surface area contributed by atoms with Crippen molar-refractivity contribution in [2.45, 2.75) is 19.3 Å². The molecule has 0 amide bonds. The van der Waals surface area contributed by atoms with Gasteiger partial charge in [-0.05, 0) is 25.3 Å². The van der Waals surface area contributed by atoms with Gasteiger partial charge in [0.1, 0.15) is 0 Å². The largest absolute Gasteiger partial charge is 0.303 e. The van der Waals surface area contributed by atoms with E-state index in [-0.39, 0.29) is 0 Å². The first kappa shape index (κ1) is 7.32. The lowest BCUT2D eigenvalue weighted by Crippen LogP contribution is -2.08. The molecule has 0 aromatic heterocycles. The molecular formula is C8H14N2. The molecule has 56 valence electrons. The van der Waals surface area contributed by atoms with Gasteiger partial charge in [-0.3, -0.25) is 0 Å². The summed E-state index contributed by atoms with van der Waals surface area (Å²) in [5.74, 6) is 0. The Labute approximate surface area is 62.2 Å². The van der Waals surface area contributed by atoms with E-state index >= 15 is 0 Å². The van der Waals surface area contributed by atoms with Crippen LogP contribution in [-0.4, -0.2) is 24.8 Å². The van der Waals surface area contributed by atoms with Crippen LogP contribution in [0.2, 0.25) is 0 Å². The minimum atomic E-state index is 1.13. The van der Waals surface area contributed by atoms with Crippen molar-refractivity contribution in [1.82, 2.24) is 5.01 Å². The lowest BCUT2D eigenvalue weighted by molar-refractivity contribution is 0.436. The molecule has 1 aliphatic carbocycles. The number of hydrogen-bond donors (Lipinski definition) is 0. The third-order valence-electron chi connectivity index (χ3n) is 1.44. The lowest BCUT2D eigenvalue weighted by atomic mass is 10.1. The Bertz CT molecular complexity index is 157. The zero-order valence-electron chi connectivity index (χ0n) is 6.67. The van der Waals surface area contributed by atoms with E-state index in [9.17, 15) is 0 Å². The predicted octanol–water partition coefficient (Wildman–Crippen LogP) is 1.64. The van der Waals surface area contributed by atoms with Crippen LogP contribution in [0.15, 0.2) is 17.3 Å². The first-order valence-electron chi connectivity index (χ1n) is 3.70. The van der Waals surface area contributed by atoms with Crippen LogP contribution in [0.3, 0.4) is 0 Å². The standard InChI is InChI=1S/C8H14N2/c1-10(2)9-8-6-4-3-5-7-8/h4,6H,3,5,7H2,1-2H3/b9-8-. The van der Waals surface area contributed by atoms with Crippen LogP contribution >= 0.6 is 0 Å². The molecule has 1 rings (SSSR count). The first-order chi connectivity index (χ1) is 4.79. The summed E-state index contributed by atoms with van der Waals surface area (Å²) in [6, 6.07) is 0. The average Bonchev–Trinajstić information content (AvgIpc) is 1.88. The van der Waals surface area contributed by atoms with Gasteiger partial charge in [-0.1, -0.05) is 6.08 Å². The van der Waals surface area contributed by atoms with Crippen LogP contribution in [0.25, 0.3) is 0 Å². The quantitative estimate of drug-likeness (QED) is 0.503. The minimum absolute atomic E-state index is 1.13. The molecule has 0 heterocycles. The van der Waals surface area contributed by atoms with Crippen molar-refractivity contribution in [3.63, 3.8) is 0 Å². The van der Waals surface area contributed by atoms with Gasteiger partial charge in [0.05, 0.1) is 5.71 Å². The third kappa shape index (κ3) is 2.21. The van der Waals surface area contributed by atoms with Crippen molar-refractivity contribution in [3.05, 3.63) is 12.2 Å². The Morgan fingerprint density at radius 3 is 2.80 bits per heavy atom. The molecule has 2 nitrogen and oxygen atoms in total. The molecule has 0 fully saturated rings. The van der Waals surface area contributed by atoms with Crippen LogP contribution in [0.4, 0.5) is 0 Å². The number of nitrogens with zero attached hydrogens (tertiary/aromatic N) is 2. The summed E-state index contributed by atoms with van der Waals surface area (Å²) in [5.41, 5.74) is 1.20. The highest BCUT2D eigenvalue weighted by Crippen LogP contribution is 2.07. The summed E-state index contributed by atoms with van der Waals surface area (Å²) in [6.07, 6.45) is 7.90. The van der Waals surface area contributed by atoms with Crippen LogP contribution in [0.5, 0.6) is 0 Å². The Hall–Kier alpha value is -0.790. The maximum absolute atomic E-state index is 4.30. The number of allylic oxidation sites excluding steroid dienone is 2. The number of hydrazone groups is 1. The molecule has 0 bridgehead atoms. The zero-order valence-corrected chi connectivity index (χ0v) is 6.67. The smallest absolute Gasteiger partial charge is 0.0602 e. The monoisotopic (exact) mass is 138 g/mol. The summed E-state index contributed by atoms with van der Waals surface area (Å²) in [7, 11) is 3.91. The lowest BCUT2D eigenvalue weighted by Gasteiger charge is -2.09. The van der Waals surface area contributed by atoms with Crippen LogP contribution in [-0.2, 0) is 0 Å². The van der Waals surface area contributed by atoms with Gasteiger partial charge in [0.25, 0.3) is 0 Å². The second kappa shape index (κ2) is 3.40. The molecule has 0 saturated carbocycles. The molecule has 0 aromatic rings. The van der Waals surface area contributed by atoms with E-state index in [1.54, 1.807) is 0 Å². The number of hydrogen-bond acceptors (Lipinski definition) is 2. The molecular weight excluding hydrogens is 124 g/mol. The van der Waals surface area contributed by atoms with Crippen molar-refractivity contribution < 1.29 is 0 Å². The summed E-state index contributed by atoms with van der Waals surface area (Å²) in [5, 5.41) is 6.15. The minimum Gasteiger partial charge on any atom is -0.303 e. The van der Waals surface area contributed by atoms with Crippen LogP contribution in [0, 0.1) is 0 Å². The highest BCUT2D eigenvalue weighted by Gasteiger charge is 1.99. The Morgan fingerprint density at radius 1 is 1.50 bits per heavy atom. The summed E-state index contributed by atoms with van der Waals surface area (Å²) in [4.78, 5) is 0. The summed E-state index contributed by atoms with van der Waals surface area (Å²) >= 11 is 0. The molecule has 0 aliphatic heterocycles. The van der Waals surface area contributed by atoms with Crippen molar-refractivity contribution >= 4 is 5.71 Å². The van der Waals surface area contributed by atoms with Gasteiger partial charge in [0, 0.05) is 14.1 Å². The fraction of sp³-hybridized carbons (Fsp3) is 0.625. The van der Waals surface area contributed by atoms with Crippen molar-refractivity contribution in [3.8, 4) is 0 Å². The Morgan fingerprint density at radius 2 is 2.30 bits per heavy atom. The fourth-order valence-electron chi connectivity index (χ4n) is 1.04. The maximum atomic E-state index is 4.30. The molecule has 0 N–H and O–H groups in total. The topological polar surface area (TPSA) is 15.6 Å². The van der Waals surface area contributed by atoms with Crippen molar-refractivity contribution in [1.29, 1.82) is 0 Å². The third-order valence-corrected chi connectivity index (χ3v) is 1.44. The Kier molecular flexibility index (Phi) is 2.49. The van der Waals surface area contributed by atoms with Crippen LogP contribution < -0.4 is 0 Å². The normalized spacial score (nSPS) is 21.6. The molecule has 0 saturated heterocycles. The fourth-order valence-corrected chi connectivity index (χ4v) is 1.04. The van der Waals surface area contributed by atoms with Gasteiger partial charge in [0.15, 0.2) is 0 Å². The van der Waals surface area contributed by atoms with E-state index < -0.39 is 0 Å². The van der Waals surface area contributed by atoms with E-state index in [2.05, 4.69) is 17.3 Å². The van der Waals surface area contributed by atoms with Crippen molar-refractivity contribution in [2.75, 3.05) is 14.1 Å². The molecule has 0 unspecified atom stereocenters. The SMILES string of the molecule is CN(C)/N=C1/C=CCCC1. The molecule has 0 atom stereocenters. The van der Waals surface area contributed by atoms with E-state index in [1.165, 1.54) is 18.6 Å². The highest BCUT2D eigenvalue weighted by molar-refractivity contribution is 5.95. The molecule has 0 spiro atoms. The van der Waals surface area contributed by atoms with E-state index in [0.717, 1.165) is 6.42 Å². The average molecular weight is 138 g/mol. The number of rotatable bonds is 1. The molecule has 10 heavy (non-hydrogen) atoms. The van der Waals surface area contributed by atoms with Gasteiger partial charge < -0.3 is 5.01 Å². The second-order valence-electron chi connectivity index (χ2n) is 2.73. The van der Waals surface area contributed by atoms with Gasteiger partial charge in [0.2, 0.25) is 0 Å². The first-order valence-corrected chi connectivity index (χ1v) is 3.70. The second-order valence-corrected chi connectivity index (χ2v) is 2.73. The zero-order chi connectivity index (χ0) is 7.40. The predicted molar refractivity (Wildman–Crippen MR) is 44.1 cm³/mol. The molecule has 2 heteroatoms. The van der Waals surface area contributed by atoms with E-state index in [4.69, 9.17) is 0 Å². The molecule has 0 aromatic carbocycles. The molecule has 0 radical (unpaired) electrons. The van der Waals surface area contributed by atoms with Crippen LogP contribution in [0.1, 0.15) is 19.3 Å². The maximum Gasteiger partial charge on any atom is 0.0602 e. The summed E-state index contributed by atoms with van der Waals surface area (Å²) < 4.78 is 0. The van der Waals surface area contributed by atoms with Gasteiger partial charge in [-0.2, -0.15) is 5.10 Å². The van der Waals surface area contributed by atoms with Crippen molar-refractivity contribution in [2.24, 2.45) is 5.10 Å². The summed E-state index contributed by atoms with van der Waals surface area (Å²) in [6.45, 7) is 0.